The van der Waals surface area contributed by atoms with Gasteiger partial charge in [-0.1, -0.05) is 25.4 Å². The summed E-state index contributed by atoms with van der Waals surface area (Å²) < 4.78 is 15.7. The monoisotopic (exact) mass is 335 g/mol. The molecule has 0 spiro atoms. The van der Waals surface area contributed by atoms with E-state index in [4.69, 9.17) is 11.6 Å². The highest BCUT2D eigenvalue weighted by molar-refractivity contribution is 6.33. The standard InChI is InChI=1S/C17H19ClFN3O/c1-9-13(15(18)22(4)21-9)16(23)20-12-6-5-11(19)14-10(12)7-8-17(14,2)3/h5-6H,7-8H2,1-4H3,(H,20,23). The zero-order valence-corrected chi connectivity index (χ0v) is 14.4. The second kappa shape index (κ2) is 5.34. The van der Waals surface area contributed by atoms with E-state index in [0.717, 1.165) is 18.4 Å². The Bertz CT molecular complexity index is 811. The van der Waals surface area contributed by atoms with Crippen LogP contribution in [0, 0.1) is 12.7 Å². The molecule has 0 unspecified atom stereocenters. The lowest BCUT2D eigenvalue weighted by Crippen LogP contribution is -2.17. The number of benzene rings is 1. The highest BCUT2D eigenvalue weighted by Gasteiger charge is 2.34. The van der Waals surface area contributed by atoms with Gasteiger partial charge < -0.3 is 5.32 Å². The number of hydrogen-bond acceptors (Lipinski definition) is 2. The Hall–Kier alpha value is -1.88. The SMILES string of the molecule is Cc1nn(C)c(Cl)c1C(=O)Nc1ccc(F)c2c1CCC2(C)C. The van der Waals surface area contributed by atoms with Crippen LogP contribution in [-0.2, 0) is 18.9 Å². The number of amides is 1. The molecule has 1 aromatic carbocycles. The van der Waals surface area contributed by atoms with Crippen molar-refractivity contribution < 1.29 is 9.18 Å². The van der Waals surface area contributed by atoms with Crippen LogP contribution < -0.4 is 5.32 Å². The predicted octanol–water partition coefficient (Wildman–Crippen LogP) is 4.00. The second-order valence-electron chi connectivity index (χ2n) is 6.66. The summed E-state index contributed by atoms with van der Waals surface area (Å²) in [6.07, 6.45) is 1.61. The molecular weight excluding hydrogens is 317 g/mol. The second-order valence-corrected chi connectivity index (χ2v) is 7.02. The van der Waals surface area contributed by atoms with Crippen LogP contribution >= 0.6 is 11.6 Å². The van der Waals surface area contributed by atoms with Crippen molar-refractivity contribution in [3.05, 3.63) is 45.5 Å². The van der Waals surface area contributed by atoms with Crippen LogP contribution in [0.1, 0.15) is 47.4 Å². The van der Waals surface area contributed by atoms with Crippen molar-refractivity contribution in [2.45, 2.75) is 39.0 Å². The Morgan fingerprint density at radius 3 is 2.74 bits per heavy atom. The molecule has 0 atom stereocenters. The number of aryl methyl sites for hydroxylation is 2. The van der Waals surface area contributed by atoms with Gasteiger partial charge in [-0.25, -0.2) is 4.39 Å². The first-order valence-corrected chi connectivity index (χ1v) is 7.92. The Morgan fingerprint density at radius 1 is 1.43 bits per heavy atom. The van der Waals surface area contributed by atoms with Gasteiger partial charge in [0.2, 0.25) is 0 Å². The minimum absolute atomic E-state index is 0.212. The molecule has 0 saturated heterocycles. The van der Waals surface area contributed by atoms with E-state index in [-0.39, 0.29) is 17.1 Å². The topological polar surface area (TPSA) is 46.9 Å². The van der Waals surface area contributed by atoms with Crippen LogP contribution in [0.5, 0.6) is 0 Å². The Labute approximate surface area is 139 Å². The molecule has 1 aromatic heterocycles. The fraction of sp³-hybridized carbons (Fsp3) is 0.412. The molecular formula is C17H19ClFN3O. The number of anilines is 1. The Kier molecular flexibility index (Phi) is 3.71. The first-order chi connectivity index (χ1) is 10.7. The van der Waals surface area contributed by atoms with E-state index >= 15 is 0 Å². The largest absolute Gasteiger partial charge is 0.322 e. The Balaban J connectivity index is 1.99. The number of nitrogens with one attached hydrogen (secondary N) is 1. The molecule has 23 heavy (non-hydrogen) atoms. The van der Waals surface area contributed by atoms with Crippen molar-refractivity contribution in [2.24, 2.45) is 7.05 Å². The van der Waals surface area contributed by atoms with Gasteiger partial charge in [-0.05, 0) is 48.4 Å². The maximum absolute atomic E-state index is 14.2. The molecule has 0 aliphatic heterocycles. The molecule has 0 bridgehead atoms. The van der Waals surface area contributed by atoms with Gasteiger partial charge in [0.05, 0.1) is 11.3 Å². The van der Waals surface area contributed by atoms with Gasteiger partial charge in [0.15, 0.2) is 0 Å². The third kappa shape index (κ3) is 2.53. The molecule has 1 aliphatic carbocycles. The average Bonchev–Trinajstić information content (AvgIpc) is 2.91. The van der Waals surface area contributed by atoms with Crippen LogP contribution in [0.25, 0.3) is 0 Å². The van der Waals surface area contributed by atoms with E-state index in [1.54, 1.807) is 20.0 Å². The lowest BCUT2D eigenvalue weighted by atomic mass is 9.86. The van der Waals surface area contributed by atoms with Gasteiger partial charge in [0, 0.05) is 12.7 Å². The van der Waals surface area contributed by atoms with Gasteiger partial charge in [0.1, 0.15) is 11.0 Å². The average molecular weight is 336 g/mol. The highest BCUT2D eigenvalue weighted by Crippen LogP contribution is 2.43. The van der Waals surface area contributed by atoms with Crippen molar-refractivity contribution >= 4 is 23.2 Å². The van der Waals surface area contributed by atoms with E-state index in [1.165, 1.54) is 10.7 Å². The lowest BCUT2D eigenvalue weighted by Gasteiger charge is -2.20. The third-order valence-electron chi connectivity index (χ3n) is 4.57. The summed E-state index contributed by atoms with van der Waals surface area (Å²) in [6, 6.07) is 3.03. The van der Waals surface area contributed by atoms with E-state index in [2.05, 4.69) is 10.4 Å². The molecule has 0 fully saturated rings. The zero-order valence-electron chi connectivity index (χ0n) is 13.6. The molecule has 0 saturated carbocycles. The number of fused-ring (bicyclic) bond motifs is 1. The normalized spacial score (nSPS) is 15.6. The number of rotatable bonds is 2. The first kappa shape index (κ1) is 16.0. The number of carbonyl (C=O) groups is 1. The summed E-state index contributed by atoms with van der Waals surface area (Å²) in [4.78, 5) is 12.6. The molecule has 6 heteroatoms. The summed E-state index contributed by atoms with van der Waals surface area (Å²) in [6.45, 7) is 5.78. The predicted molar refractivity (Wildman–Crippen MR) is 88.7 cm³/mol. The van der Waals surface area contributed by atoms with Gasteiger partial charge in [-0.15, -0.1) is 0 Å². The van der Waals surface area contributed by atoms with Crippen LogP contribution in [-0.4, -0.2) is 15.7 Å². The van der Waals surface area contributed by atoms with Crippen LogP contribution in [0.15, 0.2) is 12.1 Å². The van der Waals surface area contributed by atoms with Crippen LogP contribution in [0.3, 0.4) is 0 Å². The number of carbonyl (C=O) groups excluding carboxylic acids is 1. The van der Waals surface area contributed by atoms with Crippen molar-refractivity contribution in [1.29, 1.82) is 0 Å². The Morgan fingerprint density at radius 2 is 2.13 bits per heavy atom. The van der Waals surface area contributed by atoms with Crippen molar-refractivity contribution in [1.82, 2.24) is 9.78 Å². The fourth-order valence-electron chi connectivity index (χ4n) is 3.36. The quantitative estimate of drug-likeness (QED) is 0.901. The highest BCUT2D eigenvalue weighted by atomic mass is 35.5. The smallest absolute Gasteiger partial charge is 0.260 e. The third-order valence-corrected chi connectivity index (χ3v) is 5.00. The van der Waals surface area contributed by atoms with Gasteiger partial charge in [-0.2, -0.15) is 5.10 Å². The van der Waals surface area contributed by atoms with Gasteiger partial charge >= 0.3 is 0 Å². The number of nitrogens with zero attached hydrogens (tertiary/aromatic N) is 2. The zero-order chi connectivity index (χ0) is 16.9. The first-order valence-electron chi connectivity index (χ1n) is 7.54. The maximum Gasteiger partial charge on any atom is 0.260 e. The maximum atomic E-state index is 14.2. The van der Waals surface area contributed by atoms with E-state index in [1.807, 2.05) is 13.8 Å². The summed E-state index contributed by atoms with van der Waals surface area (Å²) in [5.74, 6) is -0.532. The van der Waals surface area contributed by atoms with Crippen LogP contribution in [0.4, 0.5) is 10.1 Å². The van der Waals surface area contributed by atoms with Gasteiger partial charge in [-0.3, -0.25) is 9.48 Å². The minimum Gasteiger partial charge on any atom is -0.322 e. The molecule has 122 valence electrons. The molecule has 1 heterocycles. The van der Waals surface area contributed by atoms with Crippen LogP contribution in [0.2, 0.25) is 5.15 Å². The lowest BCUT2D eigenvalue weighted by molar-refractivity contribution is 0.102. The molecule has 4 nitrogen and oxygen atoms in total. The summed E-state index contributed by atoms with van der Waals surface area (Å²) >= 11 is 6.14. The van der Waals surface area contributed by atoms with E-state index in [9.17, 15) is 9.18 Å². The molecule has 2 aromatic rings. The number of aromatic nitrogens is 2. The molecule has 1 aliphatic rings. The number of halogens is 2. The summed E-state index contributed by atoms with van der Waals surface area (Å²) in [5, 5.41) is 7.31. The van der Waals surface area contributed by atoms with E-state index in [0.29, 0.717) is 27.7 Å². The number of hydrogen-bond donors (Lipinski definition) is 1. The molecule has 1 N–H and O–H groups in total. The minimum atomic E-state index is -0.320. The van der Waals surface area contributed by atoms with Crippen molar-refractivity contribution in [2.75, 3.05) is 5.32 Å². The van der Waals surface area contributed by atoms with E-state index < -0.39 is 0 Å². The van der Waals surface area contributed by atoms with Crippen molar-refractivity contribution in [3.63, 3.8) is 0 Å². The summed E-state index contributed by atoms with van der Waals surface area (Å²) in [5.41, 5.74) is 2.92. The fourth-order valence-corrected chi connectivity index (χ4v) is 3.62. The molecule has 1 amide bonds. The van der Waals surface area contributed by atoms with Crippen molar-refractivity contribution in [3.8, 4) is 0 Å². The van der Waals surface area contributed by atoms with Gasteiger partial charge in [0.25, 0.3) is 5.91 Å². The summed E-state index contributed by atoms with van der Waals surface area (Å²) in [7, 11) is 1.68. The molecule has 0 radical (unpaired) electrons. The molecule has 3 rings (SSSR count).